The zero-order valence-electron chi connectivity index (χ0n) is 16.4. The van der Waals surface area contributed by atoms with Gasteiger partial charge in [0.15, 0.2) is 0 Å². The Hall–Kier alpha value is -2.86. The van der Waals surface area contributed by atoms with Crippen LogP contribution in [0.5, 0.6) is 0 Å². The average Bonchev–Trinajstić information content (AvgIpc) is 2.59. The number of fused-ring (bicyclic) bond motifs is 1. The van der Waals surface area contributed by atoms with Crippen LogP contribution in [0.2, 0.25) is 0 Å². The van der Waals surface area contributed by atoms with Crippen molar-refractivity contribution in [2.75, 3.05) is 4.72 Å². The predicted molar refractivity (Wildman–Crippen MR) is 113 cm³/mol. The minimum Gasteiger partial charge on any atom is -0.347 e. The predicted octanol–water partition coefficient (Wildman–Crippen LogP) is 4.48. The Labute approximate surface area is 165 Å². The third-order valence-corrected chi connectivity index (χ3v) is 5.58. The highest BCUT2D eigenvalue weighted by molar-refractivity contribution is 7.92. The van der Waals surface area contributed by atoms with Gasteiger partial charge in [-0.1, -0.05) is 42.0 Å². The van der Waals surface area contributed by atoms with Crippen LogP contribution in [0.25, 0.3) is 10.8 Å². The first kappa shape index (κ1) is 19.9. The molecule has 0 spiro atoms. The molecule has 0 bridgehead atoms. The van der Waals surface area contributed by atoms with Gasteiger partial charge in [0.05, 0.1) is 16.1 Å². The van der Waals surface area contributed by atoms with Gasteiger partial charge >= 0.3 is 0 Å². The minimum absolute atomic E-state index is 0.147. The van der Waals surface area contributed by atoms with Gasteiger partial charge in [0, 0.05) is 5.54 Å². The Bertz CT molecular complexity index is 1130. The normalized spacial score (nSPS) is 12.0. The monoisotopic (exact) mass is 396 g/mol. The highest BCUT2D eigenvalue weighted by atomic mass is 32.2. The van der Waals surface area contributed by atoms with E-state index >= 15 is 0 Å². The van der Waals surface area contributed by atoms with Crippen molar-refractivity contribution < 1.29 is 13.2 Å². The fourth-order valence-corrected chi connectivity index (χ4v) is 3.91. The maximum absolute atomic E-state index is 12.9. The first-order valence-electron chi connectivity index (χ1n) is 9.00. The van der Waals surface area contributed by atoms with Crippen molar-refractivity contribution in [1.82, 2.24) is 5.32 Å². The molecule has 6 heteroatoms. The molecule has 0 saturated heterocycles. The number of hydrogen-bond acceptors (Lipinski definition) is 3. The van der Waals surface area contributed by atoms with E-state index in [1.54, 1.807) is 36.4 Å². The van der Waals surface area contributed by atoms with Crippen molar-refractivity contribution >= 4 is 32.4 Å². The first-order valence-corrected chi connectivity index (χ1v) is 10.5. The highest BCUT2D eigenvalue weighted by Gasteiger charge is 2.22. The number of sulfonamides is 1. The summed E-state index contributed by atoms with van der Waals surface area (Å²) >= 11 is 0. The lowest BCUT2D eigenvalue weighted by Gasteiger charge is -2.22. The second-order valence-electron chi connectivity index (χ2n) is 7.87. The molecule has 146 valence electrons. The van der Waals surface area contributed by atoms with Crippen LogP contribution >= 0.6 is 0 Å². The smallest absolute Gasteiger partial charge is 0.261 e. The molecule has 0 radical (unpaired) electrons. The van der Waals surface area contributed by atoms with Crippen molar-refractivity contribution in [3.63, 3.8) is 0 Å². The number of hydrogen-bond donors (Lipinski definition) is 2. The van der Waals surface area contributed by atoms with E-state index in [0.29, 0.717) is 0 Å². The Morgan fingerprint density at radius 2 is 1.46 bits per heavy atom. The Balaban J connectivity index is 2.08. The molecule has 0 atom stereocenters. The Kier molecular flexibility index (Phi) is 5.17. The molecule has 0 aliphatic carbocycles. The number of aryl methyl sites for hydroxylation is 1. The van der Waals surface area contributed by atoms with Crippen molar-refractivity contribution in [2.24, 2.45) is 0 Å². The van der Waals surface area contributed by atoms with Crippen molar-refractivity contribution in [1.29, 1.82) is 0 Å². The summed E-state index contributed by atoms with van der Waals surface area (Å²) in [6.07, 6.45) is 0. The van der Waals surface area contributed by atoms with Gasteiger partial charge in [0.25, 0.3) is 15.9 Å². The van der Waals surface area contributed by atoms with Crippen LogP contribution in [-0.4, -0.2) is 19.9 Å². The van der Waals surface area contributed by atoms with E-state index in [1.165, 1.54) is 0 Å². The molecule has 0 aliphatic heterocycles. The van der Waals surface area contributed by atoms with Crippen LogP contribution in [0.4, 0.5) is 5.69 Å². The molecule has 1 amide bonds. The molecule has 0 aliphatic rings. The van der Waals surface area contributed by atoms with Crippen LogP contribution in [0, 0.1) is 6.92 Å². The molecule has 0 aromatic heterocycles. The summed E-state index contributed by atoms with van der Waals surface area (Å²) < 4.78 is 28.3. The summed E-state index contributed by atoms with van der Waals surface area (Å²) in [6.45, 7) is 7.52. The molecule has 0 unspecified atom stereocenters. The molecular weight excluding hydrogens is 372 g/mol. The topological polar surface area (TPSA) is 75.3 Å². The van der Waals surface area contributed by atoms with Gasteiger partial charge in [-0.2, -0.15) is 0 Å². The van der Waals surface area contributed by atoms with E-state index in [2.05, 4.69) is 10.0 Å². The maximum atomic E-state index is 12.9. The molecule has 5 nitrogen and oxygen atoms in total. The van der Waals surface area contributed by atoms with Gasteiger partial charge in [-0.15, -0.1) is 0 Å². The molecule has 3 aromatic rings. The van der Waals surface area contributed by atoms with Crippen molar-refractivity contribution in [3.05, 3.63) is 71.8 Å². The fraction of sp³-hybridized carbons (Fsp3) is 0.227. The van der Waals surface area contributed by atoms with Gasteiger partial charge in [-0.25, -0.2) is 8.42 Å². The van der Waals surface area contributed by atoms with Crippen LogP contribution in [0.3, 0.4) is 0 Å². The van der Waals surface area contributed by atoms with Gasteiger partial charge in [-0.05, 0) is 62.7 Å². The number of amides is 1. The van der Waals surface area contributed by atoms with Gasteiger partial charge < -0.3 is 5.32 Å². The quantitative estimate of drug-likeness (QED) is 0.683. The van der Waals surface area contributed by atoms with Crippen LogP contribution in [-0.2, 0) is 10.0 Å². The SMILES string of the molecule is Cc1ccc(S(=O)(=O)Nc2cc3ccccc3cc2C(=O)NC(C)(C)C)cc1. The van der Waals surface area contributed by atoms with Gasteiger partial charge in [0.2, 0.25) is 0 Å². The molecule has 0 saturated carbocycles. The zero-order valence-corrected chi connectivity index (χ0v) is 17.2. The molecule has 3 aromatic carbocycles. The molecule has 28 heavy (non-hydrogen) atoms. The molecule has 0 fully saturated rings. The lowest BCUT2D eigenvalue weighted by molar-refractivity contribution is 0.0920. The highest BCUT2D eigenvalue weighted by Crippen LogP contribution is 2.27. The van der Waals surface area contributed by atoms with Crippen molar-refractivity contribution in [2.45, 2.75) is 38.1 Å². The largest absolute Gasteiger partial charge is 0.347 e. The van der Waals surface area contributed by atoms with Crippen LogP contribution in [0.15, 0.2) is 65.6 Å². The third kappa shape index (κ3) is 4.51. The Morgan fingerprint density at radius 1 is 0.893 bits per heavy atom. The van der Waals surface area contributed by atoms with Crippen LogP contribution in [0.1, 0.15) is 36.7 Å². The zero-order chi connectivity index (χ0) is 20.5. The van der Waals surface area contributed by atoms with E-state index in [9.17, 15) is 13.2 Å². The Morgan fingerprint density at radius 3 is 2.04 bits per heavy atom. The summed E-state index contributed by atoms with van der Waals surface area (Å²) in [5.74, 6) is -0.333. The van der Waals surface area contributed by atoms with E-state index in [1.807, 2.05) is 52.0 Å². The molecule has 3 rings (SSSR count). The number of carbonyl (C=O) groups excluding carboxylic acids is 1. The summed E-state index contributed by atoms with van der Waals surface area (Å²) in [5, 5.41) is 4.60. The number of carbonyl (C=O) groups is 1. The number of benzene rings is 3. The molecular formula is C22H24N2O3S. The standard InChI is InChI=1S/C22H24N2O3S/c1-15-9-11-18(12-10-15)28(26,27)24-20-14-17-8-6-5-7-16(17)13-19(20)21(25)23-22(2,3)4/h5-14,24H,1-4H3,(H,23,25). The van der Waals surface area contributed by atoms with Gasteiger partial charge in [0.1, 0.15) is 0 Å². The van der Waals surface area contributed by atoms with E-state index < -0.39 is 15.6 Å². The fourth-order valence-electron chi connectivity index (χ4n) is 2.84. The summed E-state index contributed by atoms with van der Waals surface area (Å²) in [4.78, 5) is 13.0. The maximum Gasteiger partial charge on any atom is 0.261 e. The van der Waals surface area contributed by atoms with E-state index in [4.69, 9.17) is 0 Å². The van der Waals surface area contributed by atoms with Gasteiger partial charge in [-0.3, -0.25) is 9.52 Å². The van der Waals surface area contributed by atoms with E-state index in [-0.39, 0.29) is 22.1 Å². The second kappa shape index (κ2) is 7.28. The lowest BCUT2D eigenvalue weighted by Crippen LogP contribution is -2.40. The summed E-state index contributed by atoms with van der Waals surface area (Å²) in [7, 11) is -3.83. The number of anilines is 1. The lowest BCUT2D eigenvalue weighted by atomic mass is 10.0. The van der Waals surface area contributed by atoms with E-state index in [0.717, 1.165) is 16.3 Å². The molecule has 0 heterocycles. The second-order valence-corrected chi connectivity index (χ2v) is 9.55. The summed E-state index contributed by atoms with van der Waals surface area (Å²) in [6, 6.07) is 17.5. The molecule has 2 N–H and O–H groups in total. The first-order chi connectivity index (χ1) is 13.0. The third-order valence-electron chi connectivity index (χ3n) is 4.19. The van der Waals surface area contributed by atoms with Crippen LogP contribution < -0.4 is 10.0 Å². The number of rotatable bonds is 4. The van der Waals surface area contributed by atoms with Crippen molar-refractivity contribution in [3.8, 4) is 0 Å². The number of nitrogens with one attached hydrogen (secondary N) is 2. The average molecular weight is 397 g/mol. The minimum atomic E-state index is -3.83. The summed E-state index contributed by atoms with van der Waals surface area (Å²) in [5.41, 5.74) is 1.05.